The first-order chi connectivity index (χ1) is 17.9. The third-order valence-corrected chi connectivity index (χ3v) is 7.61. The van der Waals surface area contributed by atoms with Gasteiger partial charge < -0.3 is 28.4 Å². The van der Waals surface area contributed by atoms with E-state index >= 15 is 0 Å². The number of hydrogen-bond acceptors (Lipinski definition) is 6. The van der Waals surface area contributed by atoms with Crippen molar-refractivity contribution in [2.75, 3.05) is 6.61 Å². The monoisotopic (exact) mass is 555 g/mol. The molecule has 1 saturated heterocycles. The predicted octanol–water partition coefficient (Wildman–Crippen LogP) is 2.43. The maximum atomic E-state index is 12.0. The van der Waals surface area contributed by atoms with Crippen LogP contribution in [0, 0.1) is 0 Å². The third kappa shape index (κ3) is 14.0. The number of nitrogens with zero attached hydrogens (tertiary/aromatic N) is 1. The zero-order valence-corrected chi connectivity index (χ0v) is 24.6. The highest BCUT2D eigenvalue weighted by molar-refractivity contribution is 6.03. The molecule has 8 heteroatoms. The minimum Gasteiger partial charge on any atom is -1.00 e. The van der Waals surface area contributed by atoms with Crippen molar-refractivity contribution in [2.24, 2.45) is 5.73 Å². The van der Waals surface area contributed by atoms with Gasteiger partial charge in [0.05, 0.1) is 24.2 Å². The molecule has 3 atom stereocenters. The number of imide groups is 1. The van der Waals surface area contributed by atoms with Crippen molar-refractivity contribution in [1.82, 2.24) is 10.3 Å². The lowest BCUT2D eigenvalue weighted by Gasteiger charge is -2.34. The van der Waals surface area contributed by atoms with Crippen LogP contribution in [-0.2, 0) is 15.0 Å². The van der Waals surface area contributed by atoms with Crippen LogP contribution in [0.2, 0.25) is 0 Å². The minimum atomic E-state index is -0.559. The number of nitrogens with one attached hydrogen (secondary N) is 1. The minimum absolute atomic E-state index is 0. The quantitative estimate of drug-likeness (QED) is 0.163. The molecule has 1 aliphatic heterocycles. The van der Waals surface area contributed by atoms with E-state index in [0.29, 0.717) is 19.3 Å². The van der Waals surface area contributed by atoms with Crippen molar-refractivity contribution in [3.63, 3.8) is 0 Å². The van der Waals surface area contributed by atoms with E-state index in [0.717, 1.165) is 18.4 Å². The number of hydrogen-bond donors (Lipinski definition) is 4. The number of nitrogens with two attached hydrogens (primary N) is 1. The van der Waals surface area contributed by atoms with Crippen molar-refractivity contribution < 1.29 is 33.6 Å². The molecule has 1 fully saturated rings. The molecule has 0 aliphatic carbocycles. The molecule has 220 valence electrons. The summed E-state index contributed by atoms with van der Waals surface area (Å²) in [6.45, 7) is 4.11. The second-order valence-corrected chi connectivity index (χ2v) is 10.5. The standard InChI is InChI=1S/C18H39NO2.C12H14N2O2.ClH/c1-2-3-4-5-6-7-8-9-10-11-12-13-14-15-18(21)17(19)16-20;1-2-12(9-4-7-13-8-5-9)6-3-10(15)14-11(12)16;/h17-18,20-21H,2-16,19H2,1H3;4-5,7-8H,2-3,6H2,1H3,(H,14,15,16);1H/t17-,18-;;/m0../s1. The van der Waals surface area contributed by atoms with Gasteiger partial charge in [0, 0.05) is 18.8 Å². The van der Waals surface area contributed by atoms with Crippen LogP contribution in [0.1, 0.15) is 130 Å². The van der Waals surface area contributed by atoms with E-state index in [9.17, 15) is 14.7 Å². The number of unbranched alkanes of at least 4 members (excludes halogenated alkanes) is 12. The molecule has 0 radical (unpaired) electrons. The summed E-state index contributed by atoms with van der Waals surface area (Å²) in [5.41, 5.74) is 5.94. The third-order valence-electron chi connectivity index (χ3n) is 7.61. The molecule has 1 aromatic heterocycles. The molecule has 1 unspecified atom stereocenters. The van der Waals surface area contributed by atoms with E-state index < -0.39 is 17.6 Å². The average molecular weight is 556 g/mol. The maximum Gasteiger partial charge on any atom is 1.00 e. The van der Waals surface area contributed by atoms with Crippen molar-refractivity contribution in [3.8, 4) is 0 Å². The fourth-order valence-electron chi connectivity index (χ4n) is 4.94. The van der Waals surface area contributed by atoms with Gasteiger partial charge >= 0.3 is 1.43 Å². The van der Waals surface area contributed by atoms with Crippen molar-refractivity contribution in [2.45, 2.75) is 141 Å². The van der Waals surface area contributed by atoms with Gasteiger partial charge in [0.2, 0.25) is 11.8 Å². The van der Waals surface area contributed by atoms with E-state index in [1.807, 2.05) is 19.1 Å². The maximum absolute atomic E-state index is 12.0. The van der Waals surface area contributed by atoms with E-state index in [4.69, 9.17) is 10.8 Å². The Morgan fingerprint density at radius 2 is 1.45 bits per heavy atom. The van der Waals surface area contributed by atoms with Crippen molar-refractivity contribution >= 4 is 11.8 Å². The number of carbonyl (C=O) groups is 2. The van der Waals surface area contributed by atoms with Gasteiger partial charge in [-0.15, -0.1) is 0 Å². The Morgan fingerprint density at radius 1 is 0.947 bits per heavy atom. The fourth-order valence-corrected chi connectivity index (χ4v) is 4.94. The summed E-state index contributed by atoms with van der Waals surface area (Å²) >= 11 is 0. The molecule has 5 N–H and O–H groups in total. The molecular formula is C30H54ClN3O4. The van der Waals surface area contributed by atoms with Crippen molar-refractivity contribution in [1.29, 1.82) is 0 Å². The number of aromatic nitrogens is 1. The molecule has 38 heavy (non-hydrogen) atoms. The van der Waals surface area contributed by atoms with Gasteiger partial charge in [0.25, 0.3) is 0 Å². The molecule has 2 rings (SSSR count). The number of aliphatic hydroxyl groups is 2. The highest BCUT2D eigenvalue weighted by Gasteiger charge is 2.42. The molecule has 7 nitrogen and oxygen atoms in total. The lowest BCUT2D eigenvalue weighted by molar-refractivity contribution is -0.138. The number of aliphatic hydroxyl groups excluding tert-OH is 2. The summed E-state index contributed by atoms with van der Waals surface area (Å²) in [7, 11) is 0. The molecular weight excluding hydrogens is 502 g/mol. The molecule has 0 aromatic carbocycles. The number of pyridine rings is 1. The Kier molecular flexibility index (Phi) is 21.4. The molecule has 0 spiro atoms. The van der Waals surface area contributed by atoms with Crippen LogP contribution >= 0.6 is 0 Å². The van der Waals surface area contributed by atoms with E-state index in [2.05, 4.69) is 17.2 Å². The lowest BCUT2D eigenvalue weighted by Crippen LogP contribution is -3.00. The van der Waals surface area contributed by atoms with Crippen LogP contribution < -0.4 is 23.5 Å². The number of carbonyl (C=O) groups excluding carboxylic acids is 2. The SMILES string of the molecule is CCC1(c2ccncc2)CCC(=O)NC1=O.CCCCCCCCCCCCCCC[C@H](O)[C@@H](N)CO.[Cl-].[H+]. The van der Waals surface area contributed by atoms with Crippen molar-refractivity contribution in [3.05, 3.63) is 30.1 Å². The van der Waals surface area contributed by atoms with Gasteiger partial charge in [0.15, 0.2) is 0 Å². The Bertz CT molecular complexity index is 744. The first kappa shape index (κ1) is 36.5. The van der Waals surface area contributed by atoms with Crippen LogP contribution in [0.3, 0.4) is 0 Å². The van der Waals surface area contributed by atoms with Gasteiger partial charge in [-0.1, -0.05) is 97.3 Å². The summed E-state index contributed by atoms with van der Waals surface area (Å²) in [5, 5.41) is 20.9. The fraction of sp³-hybridized carbons (Fsp3) is 0.767. The van der Waals surface area contributed by atoms with Gasteiger partial charge in [-0.2, -0.15) is 0 Å². The lowest BCUT2D eigenvalue weighted by atomic mass is 9.72. The zero-order chi connectivity index (χ0) is 27.4. The van der Waals surface area contributed by atoms with Crippen LogP contribution in [0.25, 0.3) is 0 Å². The number of amides is 2. The van der Waals surface area contributed by atoms with Gasteiger partial charge in [-0.05, 0) is 37.0 Å². The Morgan fingerprint density at radius 3 is 1.89 bits per heavy atom. The first-order valence-electron chi connectivity index (χ1n) is 14.7. The Labute approximate surface area is 238 Å². The Balaban J connectivity index is 0. The van der Waals surface area contributed by atoms with Gasteiger partial charge in [0.1, 0.15) is 0 Å². The van der Waals surface area contributed by atoms with Gasteiger partial charge in [-0.3, -0.25) is 19.9 Å². The largest absolute Gasteiger partial charge is 1.00 e. The first-order valence-corrected chi connectivity index (χ1v) is 14.7. The summed E-state index contributed by atoms with van der Waals surface area (Å²) in [6.07, 6.45) is 22.5. The molecule has 2 heterocycles. The normalized spacial score (nSPS) is 18.6. The second-order valence-electron chi connectivity index (χ2n) is 10.5. The van der Waals surface area contributed by atoms with E-state index in [1.54, 1.807) is 12.4 Å². The number of halogens is 1. The molecule has 1 aromatic rings. The average Bonchev–Trinajstić information content (AvgIpc) is 2.92. The molecule has 0 bridgehead atoms. The summed E-state index contributed by atoms with van der Waals surface area (Å²) in [4.78, 5) is 27.1. The zero-order valence-electron chi connectivity index (χ0n) is 24.8. The van der Waals surface area contributed by atoms with Crippen LogP contribution in [-0.4, -0.2) is 45.8 Å². The summed E-state index contributed by atoms with van der Waals surface area (Å²) < 4.78 is 0. The van der Waals surface area contributed by atoms with Crippen LogP contribution in [0.15, 0.2) is 24.5 Å². The molecule has 0 saturated carbocycles. The molecule has 1 aliphatic rings. The van der Waals surface area contributed by atoms with Crippen LogP contribution in [0.5, 0.6) is 0 Å². The number of piperidine rings is 1. The highest BCUT2D eigenvalue weighted by atomic mass is 35.5. The highest BCUT2D eigenvalue weighted by Crippen LogP contribution is 2.35. The summed E-state index contributed by atoms with van der Waals surface area (Å²) in [6, 6.07) is 3.22. The molecule has 2 amide bonds. The Hall–Kier alpha value is -1.54. The predicted molar refractivity (Wildman–Crippen MR) is 151 cm³/mol. The number of rotatable bonds is 18. The smallest absolute Gasteiger partial charge is 1.00 e. The summed E-state index contributed by atoms with van der Waals surface area (Å²) in [5.74, 6) is -0.361. The van der Waals surface area contributed by atoms with E-state index in [-0.39, 0.29) is 32.3 Å². The van der Waals surface area contributed by atoms with Gasteiger partial charge in [-0.25, -0.2) is 0 Å². The second kappa shape index (κ2) is 22.3. The van der Waals surface area contributed by atoms with E-state index in [1.165, 1.54) is 77.0 Å². The topological polar surface area (TPSA) is 126 Å². The van der Waals surface area contributed by atoms with Crippen LogP contribution in [0.4, 0.5) is 0 Å².